The topological polar surface area (TPSA) is 161 Å². The highest BCUT2D eigenvalue weighted by Gasteiger charge is 2.59. The zero-order valence-electron chi connectivity index (χ0n) is 10.7. The zero-order chi connectivity index (χ0) is 15.6. The van der Waals surface area contributed by atoms with Crippen molar-refractivity contribution in [2.75, 3.05) is 12.3 Å². The number of aliphatic hydroxyl groups is 2. The average molecular weight is 293 g/mol. The highest BCUT2D eigenvalue weighted by molar-refractivity contribution is 5.24. The molecule has 10 heteroatoms. The van der Waals surface area contributed by atoms with Crippen molar-refractivity contribution in [1.29, 1.82) is 5.53 Å². The molecule has 0 bridgehead atoms. The van der Waals surface area contributed by atoms with Crippen LogP contribution in [0.25, 0.3) is 0 Å². The molecule has 1 aromatic rings. The maximum absolute atomic E-state index is 11.8. The minimum atomic E-state index is -1.90. The Morgan fingerprint density at radius 3 is 3.00 bits per heavy atom. The fourth-order valence-electron chi connectivity index (χ4n) is 2.14. The van der Waals surface area contributed by atoms with Gasteiger partial charge in [0.25, 0.3) is 5.72 Å². The Hall–Kier alpha value is -2.57. The Labute approximate surface area is 118 Å². The van der Waals surface area contributed by atoms with Crippen LogP contribution >= 0.6 is 0 Å². The van der Waals surface area contributed by atoms with Gasteiger partial charge in [0.2, 0.25) is 4.91 Å². The molecule has 21 heavy (non-hydrogen) atoms. The van der Waals surface area contributed by atoms with Gasteiger partial charge in [-0.05, 0) is 6.07 Å². The third kappa shape index (κ3) is 2.31. The van der Waals surface area contributed by atoms with Crippen molar-refractivity contribution in [1.82, 2.24) is 14.5 Å². The highest BCUT2D eigenvalue weighted by Crippen LogP contribution is 2.41. The van der Waals surface area contributed by atoms with E-state index in [9.17, 15) is 15.0 Å². The Morgan fingerprint density at radius 2 is 2.48 bits per heavy atom. The predicted molar refractivity (Wildman–Crippen MR) is 68.5 cm³/mol. The summed E-state index contributed by atoms with van der Waals surface area (Å²) in [6.07, 6.45) is 4.09. The molecule has 0 saturated carbocycles. The van der Waals surface area contributed by atoms with Crippen LogP contribution in [0.2, 0.25) is 0 Å². The molecular weight excluding hydrogens is 280 g/mol. The minimum Gasteiger partial charge on any atom is -0.391 e. The first-order valence-corrected chi connectivity index (χ1v) is 5.85. The lowest BCUT2D eigenvalue weighted by molar-refractivity contribution is -0.128. The number of hydrogen-bond donors (Lipinski definition) is 4. The van der Waals surface area contributed by atoms with Crippen molar-refractivity contribution < 1.29 is 14.9 Å². The molecule has 0 spiro atoms. The monoisotopic (exact) mass is 293 g/mol. The van der Waals surface area contributed by atoms with E-state index in [4.69, 9.17) is 22.4 Å². The van der Waals surface area contributed by atoms with Gasteiger partial charge in [-0.2, -0.15) is 4.98 Å². The fourth-order valence-corrected chi connectivity index (χ4v) is 2.14. The SMILES string of the molecule is C#C[C@@H]1[C@H](n2ccc(N)nc2=O)O[C@@](CO)(N=[N+]=N)[C@H]1O. The molecule has 0 radical (unpaired) electrons. The molecule has 1 aliphatic rings. The highest BCUT2D eigenvalue weighted by atomic mass is 16.6. The summed E-state index contributed by atoms with van der Waals surface area (Å²) in [5.41, 5.74) is 9.52. The smallest absolute Gasteiger partial charge is 0.351 e. The van der Waals surface area contributed by atoms with E-state index in [1.54, 1.807) is 0 Å². The van der Waals surface area contributed by atoms with Gasteiger partial charge < -0.3 is 20.7 Å². The van der Waals surface area contributed by atoms with Gasteiger partial charge in [0.15, 0.2) is 11.3 Å². The quantitative estimate of drug-likeness (QED) is 0.292. The van der Waals surface area contributed by atoms with E-state index in [-0.39, 0.29) is 5.82 Å². The molecule has 1 aliphatic heterocycles. The second-order valence-corrected chi connectivity index (χ2v) is 4.39. The first kappa shape index (κ1) is 14.8. The summed E-state index contributed by atoms with van der Waals surface area (Å²) in [6.45, 7) is -0.762. The second kappa shape index (κ2) is 5.43. The number of hydrogen-bond acceptors (Lipinski definition) is 8. The van der Waals surface area contributed by atoms with E-state index < -0.39 is 36.3 Å². The van der Waals surface area contributed by atoms with Crippen LogP contribution in [0.3, 0.4) is 0 Å². The lowest BCUT2D eigenvalue weighted by atomic mass is 9.97. The van der Waals surface area contributed by atoms with Gasteiger partial charge in [-0.25, -0.2) is 4.79 Å². The third-order valence-electron chi connectivity index (χ3n) is 3.20. The maximum Gasteiger partial charge on any atom is 0.351 e. The zero-order valence-corrected chi connectivity index (χ0v) is 10.7. The molecule has 0 aromatic carbocycles. The van der Waals surface area contributed by atoms with Crippen LogP contribution in [-0.2, 0) is 4.74 Å². The Kier molecular flexibility index (Phi) is 3.84. The molecule has 2 rings (SSSR count). The number of anilines is 1. The van der Waals surface area contributed by atoms with Gasteiger partial charge in [0.05, 0.1) is 5.92 Å². The van der Waals surface area contributed by atoms with Crippen LogP contribution in [0.15, 0.2) is 22.2 Å². The molecule has 1 fully saturated rings. The van der Waals surface area contributed by atoms with E-state index >= 15 is 0 Å². The molecule has 4 atom stereocenters. The summed E-state index contributed by atoms with van der Waals surface area (Å²) < 4.78 is 6.45. The predicted octanol–water partition coefficient (Wildman–Crippen LogP) is -1.80. The van der Waals surface area contributed by atoms with Crippen molar-refractivity contribution in [3.05, 3.63) is 22.7 Å². The Morgan fingerprint density at radius 1 is 1.76 bits per heavy atom. The minimum absolute atomic E-state index is 0.0197. The summed E-state index contributed by atoms with van der Waals surface area (Å²) in [4.78, 5) is 18.2. The van der Waals surface area contributed by atoms with Gasteiger partial charge in [-0.15, -0.1) is 6.42 Å². The number of aromatic nitrogens is 2. The molecule has 0 unspecified atom stereocenters. The van der Waals surface area contributed by atoms with Gasteiger partial charge in [-0.1, -0.05) is 5.92 Å². The normalized spacial score (nSPS) is 31.4. The van der Waals surface area contributed by atoms with Gasteiger partial charge in [0, 0.05) is 6.20 Å². The number of nitrogens with zero attached hydrogens (tertiary/aromatic N) is 4. The molecule has 10 nitrogen and oxygen atoms in total. The van der Waals surface area contributed by atoms with E-state index in [0.717, 1.165) is 4.57 Å². The Balaban J connectivity index is 2.52. The molecule has 1 aromatic heterocycles. The van der Waals surface area contributed by atoms with Crippen LogP contribution in [0.1, 0.15) is 6.23 Å². The lowest BCUT2D eigenvalue weighted by Gasteiger charge is -2.18. The number of nitrogen functional groups attached to an aromatic ring is 1. The molecule has 5 N–H and O–H groups in total. The standard InChI is InChI=1S/C11H12N6O4/c1-2-6-8(19)11(5-18,15-16-13)21-9(6)17-4-3-7(12)14-10(17)20/h1,3-4,6,8-9,13,18-19H,5H2,(H-,12,14,20)/p+1/t6-,8-,9+,11+/m0/s1. The first-order valence-electron chi connectivity index (χ1n) is 5.85. The van der Waals surface area contributed by atoms with Crippen LogP contribution in [0.4, 0.5) is 5.82 Å². The van der Waals surface area contributed by atoms with Gasteiger partial charge in [-0.3, -0.25) is 4.57 Å². The lowest BCUT2D eigenvalue weighted by Crippen LogP contribution is -2.43. The largest absolute Gasteiger partial charge is 0.391 e. The van der Waals surface area contributed by atoms with Crippen molar-refractivity contribution in [3.63, 3.8) is 0 Å². The maximum atomic E-state index is 11.8. The summed E-state index contributed by atoms with van der Waals surface area (Å²) in [6, 6.07) is 1.36. The number of ether oxygens (including phenoxy) is 1. The van der Waals surface area contributed by atoms with Crippen molar-refractivity contribution in [3.8, 4) is 12.3 Å². The number of nitrogens with one attached hydrogen (secondary N) is 1. The van der Waals surface area contributed by atoms with Crippen molar-refractivity contribution in [2.45, 2.75) is 18.1 Å². The number of terminal acetylenes is 1. The second-order valence-electron chi connectivity index (χ2n) is 4.39. The van der Waals surface area contributed by atoms with Crippen molar-refractivity contribution >= 4 is 5.82 Å². The van der Waals surface area contributed by atoms with Crippen molar-refractivity contribution in [2.24, 2.45) is 11.0 Å². The molecule has 110 valence electrons. The summed E-state index contributed by atoms with van der Waals surface area (Å²) in [5.74, 6) is 1.31. The average Bonchev–Trinajstić information content (AvgIpc) is 2.72. The molecule has 2 heterocycles. The molecule has 1 saturated heterocycles. The van der Waals surface area contributed by atoms with Gasteiger partial charge in [0.1, 0.15) is 24.1 Å². The van der Waals surface area contributed by atoms with E-state index in [2.05, 4.69) is 20.9 Å². The molecule has 0 amide bonds. The summed E-state index contributed by atoms with van der Waals surface area (Å²) >= 11 is 0. The van der Waals surface area contributed by atoms with E-state index in [1.165, 1.54) is 12.3 Å². The van der Waals surface area contributed by atoms with Gasteiger partial charge >= 0.3 is 5.69 Å². The summed E-state index contributed by atoms with van der Waals surface area (Å²) in [5, 5.41) is 23.0. The van der Waals surface area contributed by atoms with Crippen LogP contribution in [0, 0.1) is 23.8 Å². The first-order chi connectivity index (χ1) is 9.99. The molecule has 0 aliphatic carbocycles. The van der Waals surface area contributed by atoms with E-state index in [1.807, 2.05) is 0 Å². The molecular formula is C11H13N6O4+. The van der Waals surface area contributed by atoms with E-state index in [0.29, 0.717) is 0 Å². The van der Waals surface area contributed by atoms with Crippen LogP contribution in [0.5, 0.6) is 0 Å². The number of aliphatic hydroxyl groups excluding tert-OH is 2. The van der Waals surface area contributed by atoms with Crippen LogP contribution < -0.4 is 16.3 Å². The third-order valence-corrected chi connectivity index (χ3v) is 3.20. The van der Waals surface area contributed by atoms with Crippen LogP contribution in [-0.4, -0.2) is 38.2 Å². The number of nitrogens with two attached hydrogens (primary N) is 1. The fraction of sp³-hybridized carbons (Fsp3) is 0.455. The Bertz CT molecular complexity index is 691. The number of rotatable bonds is 3. The summed E-state index contributed by atoms with van der Waals surface area (Å²) in [7, 11) is 0.